The van der Waals surface area contributed by atoms with E-state index in [9.17, 15) is 4.79 Å². The highest BCUT2D eigenvalue weighted by Crippen LogP contribution is 1.88. The van der Waals surface area contributed by atoms with E-state index >= 15 is 0 Å². The first-order chi connectivity index (χ1) is 5.29. The number of nitrogens with one attached hydrogen (secondary N) is 1. The van der Waals surface area contributed by atoms with E-state index in [-0.39, 0.29) is 5.56 Å². The molecule has 1 aromatic heterocycles. The monoisotopic (exact) mass is 155 g/mol. The summed E-state index contributed by atoms with van der Waals surface area (Å²) in [5, 5.41) is 2.85. The summed E-state index contributed by atoms with van der Waals surface area (Å²) < 4.78 is 1.57. The van der Waals surface area contributed by atoms with Crippen LogP contribution >= 0.6 is 0 Å². The van der Waals surface area contributed by atoms with Gasteiger partial charge < -0.3 is 10.8 Å². The zero-order valence-electron chi connectivity index (χ0n) is 6.63. The number of aromatic amines is 1. The van der Waals surface area contributed by atoms with Gasteiger partial charge in [-0.05, 0) is 6.42 Å². The molecule has 0 aromatic carbocycles. The van der Waals surface area contributed by atoms with E-state index in [0.717, 1.165) is 13.0 Å². The summed E-state index contributed by atoms with van der Waals surface area (Å²) in [7, 11) is 0. The Morgan fingerprint density at radius 2 is 2.45 bits per heavy atom. The van der Waals surface area contributed by atoms with Crippen LogP contribution in [0.15, 0.2) is 11.0 Å². The molecule has 4 nitrogen and oxygen atoms in total. The van der Waals surface area contributed by atoms with Gasteiger partial charge in [-0.25, -0.2) is 0 Å². The lowest BCUT2D eigenvalue weighted by molar-refractivity contribution is 0.584. The zero-order chi connectivity index (χ0) is 8.27. The Morgan fingerprint density at radius 3 is 2.91 bits per heavy atom. The van der Waals surface area contributed by atoms with Crippen LogP contribution in [-0.4, -0.2) is 9.78 Å². The fourth-order valence-electron chi connectivity index (χ4n) is 0.985. The molecule has 1 rings (SSSR count). The first kappa shape index (κ1) is 8.07. The topological polar surface area (TPSA) is 63.8 Å². The predicted molar refractivity (Wildman–Crippen MR) is 43.2 cm³/mol. The van der Waals surface area contributed by atoms with Crippen LogP contribution < -0.4 is 11.3 Å². The van der Waals surface area contributed by atoms with E-state index in [4.69, 9.17) is 5.73 Å². The van der Waals surface area contributed by atoms with Crippen LogP contribution in [-0.2, 0) is 13.1 Å². The maximum Gasteiger partial charge on any atom is 0.270 e. The number of nitrogens with zero attached hydrogens (tertiary/aromatic N) is 1. The number of aryl methyl sites for hydroxylation is 1. The fourth-order valence-corrected chi connectivity index (χ4v) is 0.985. The van der Waals surface area contributed by atoms with Crippen molar-refractivity contribution in [3.63, 3.8) is 0 Å². The van der Waals surface area contributed by atoms with Crippen LogP contribution in [0.4, 0.5) is 0 Å². The molecule has 11 heavy (non-hydrogen) atoms. The molecule has 0 bridgehead atoms. The summed E-state index contributed by atoms with van der Waals surface area (Å²) >= 11 is 0. The smallest absolute Gasteiger partial charge is 0.270 e. The van der Waals surface area contributed by atoms with Crippen molar-refractivity contribution in [2.45, 2.75) is 26.4 Å². The number of hydrogen-bond donors (Lipinski definition) is 2. The van der Waals surface area contributed by atoms with Crippen molar-refractivity contribution in [1.82, 2.24) is 9.78 Å². The van der Waals surface area contributed by atoms with E-state index < -0.39 is 0 Å². The lowest BCUT2D eigenvalue weighted by atomic mass is 10.4. The van der Waals surface area contributed by atoms with Crippen LogP contribution in [0.2, 0.25) is 0 Å². The quantitative estimate of drug-likeness (QED) is 0.647. The molecule has 0 amide bonds. The molecule has 4 heteroatoms. The number of nitrogens with two attached hydrogens (primary N) is 1. The van der Waals surface area contributed by atoms with Gasteiger partial charge in [0.25, 0.3) is 5.56 Å². The third kappa shape index (κ3) is 1.51. The minimum absolute atomic E-state index is 0.00866. The molecule has 1 heterocycles. The summed E-state index contributed by atoms with van der Waals surface area (Å²) in [4.78, 5) is 11.2. The Balaban J connectivity index is 2.92. The van der Waals surface area contributed by atoms with Gasteiger partial charge in [-0.15, -0.1) is 0 Å². The second-order valence-electron chi connectivity index (χ2n) is 2.46. The second kappa shape index (κ2) is 3.39. The van der Waals surface area contributed by atoms with Crippen molar-refractivity contribution in [3.8, 4) is 0 Å². The van der Waals surface area contributed by atoms with Crippen molar-refractivity contribution >= 4 is 0 Å². The van der Waals surface area contributed by atoms with Crippen molar-refractivity contribution in [3.05, 3.63) is 22.1 Å². The molecule has 0 saturated heterocycles. The standard InChI is InChI=1S/C7H13N3O/c1-2-3-10-7(11)6(4-8)5-9-10/h5,9H,2-4,8H2,1H3. The van der Waals surface area contributed by atoms with Gasteiger partial charge in [0.15, 0.2) is 0 Å². The Kier molecular flexibility index (Phi) is 2.48. The molecule has 62 valence electrons. The molecule has 0 fully saturated rings. The van der Waals surface area contributed by atoms with Crippen LogP contribution in [0, 0.1) is 0 Å². The lowest BCUT2D eigenvalue weighted by Crippen LogP contribution is -2.20. The van der Waals surface area contributed by atoms with E-state index in [1.807, 2.05) is 6.92 Å². The van der Waals surface area contributed by atoms with Crippen molar-refractivity contribution in [1.29, 1.82) is 0 Å². The molecule has 0 saturated carbocycles. The maximum atomic E-state index is 11.2. The van der Waals surface area contributed by atoms with Gasteiger partial charge in [0, 0.05) is 24.8 Å². The predicted octanol–water partition coefficient (Wildman–Crippen LogP) is 0.0451. The Hall–Kier alpha value is -1.03. The fraction of sp³-hybridized carbons (Fsp3) is 0.571. The van der Waals surface area contributed by atoms with Gasteiger partial charge >= 0.3 is 0 Å². The van der Waals surface area contributed by atoms with Crippen LogP contribution in [0.5, 0.6) is 0 Å². The van der Waals surface area contributed by atoms with Crippen molar-refractivity contribution in [2.24, 2.45) is 5.73 Å². The summed E-state index contributed by atoms with van der Waals surface area (Å²) in [6, 6.07) is 0. The Bertz CT molecular complexity index is 273. The molecule has 0 aliphatic rings. The second-order valence-corrected chi connectivity index (χ2v) is 2.46. The average molecular weight is 155 g/mol. The summed E-state index contributed by atoms with van der Waals surface area (Å²) in [6.45, 7) is 3.07. The SMILES string of the molecule is CCCn1[nH]cc(CN)c1=O. The number of H-pyrrole nitrogens is 1. The van der Waals surface area contributed by atoms with Crippen molar-refractivity contribution < 1.29 is 0 Å². The van der Waals surface area contributed by atoms with Gasteiger partial charge in [-0.1, -0.05) is 6.92 Å². The van der Waals surface area contributed by atoms with Crippen LogP contribution in [0.25, 0.3) is 0 Å². The molecular weight excluding hydrogens is 142 g/mol. The molecule has 0 spiro atoms. The summed E-state index contributed by atoms with van der Waals surface area (Å²) in [5.41, 5.74) is 5.99. The van der Waals surface area contributed by atoms with Gasteiger partial charge in [0.05, 0.1) is 0 Å². The molecular formula is C7H13N3O. The van der Waals surface area contributed by atoms with Crippen LogP contribution in [0.3, 0.4) is 0 Å². The first-order valence-corrected chi connectivity index (χ1v) is 3.76. The molecule has 3 N–H and O–H groups in total. The van der Waals surface area contributed by atoms with Gasteiger partial charge in [-0.3, -0.25) is 9.48 Å². The van der Waals surface area contributed by atoms with E-state index in [2.05, 4.69) is 5.10 Å². The normalized spacial score (nSPS) is 10.4. The minimum atomic E-state index is 0.00866. The van der Waals surface area contributed by atoms with E-state index in [1.165, 1.54) is 0 Å². The Morgan fingerprint density at radius 1 is 1.73 bits per heavy atom. The number of rotatable bonds is 3. The molecule has 0 radical (unpaired) electrons. The van der Waals surface area contributed by atoms with Gasteiger partial charge in [0.1, 0.15) is 0 Å². The van der Waals surface area contributed by atoms with Gasteiger partial charge in [-0.2, -0.15) is 0 Å². The summed E-state index contributed by atoms with van der Waals surface area (Å²) in [5.74, 6) is 0. The average Bonchev–Trinajstić information content (AvgIpc) is 2.34. The Labute approximate surface area is 65.0 Å². The minimum Gasteiger partial charge on any atom is -0.326 e. The highest BCUT2D eigenvalue weighted by Gasteiger charge is 2.01. The molecule has 0 aliphatic heterocycles. The number of hydrogen-bond acceptors (Lipinski definition) is 2. The van der Waals surface area contributed by atoms with E-state index in [0.29, 0.717) is 12.1 Å². The zero-order valence-corrected chi connectivity index (χ0v) is 6.63. The largest absolute Gasteiger partial charge is 0.326 e. The van der Waals surface area contributed by atoms with Gasteiger partial charge in [0.2, 0.25) is 0 Å². The number of aromatic nitrogens is 2. The highest BCUT2D eigenvalue weighted by molar-refractivity contribution is 5.03. The first-order valence-electron chi connectivity index (χ1n) is 3.76. The molecule has 0 atom stereocenters. The highest BCUT2D eigenvalue weighted by atomic mass is 16.1. The maximum absolute atomic E-state index is 11.2. The van der Waals surface area contributed by atoms with Crippen molar-refractivity contribution in [2.75, 3.05) is 0 Å². The van der Waals surface area contributed by atoms with E-state index in [1.54, 1.807) is 10.9 Å². The summed E-state index contributed by atoms with van der Waals surface area (Å²) in [6.07, 6.45) is 2.61. The molecule has 0 aliphatic carbocycles. The lowest BCUT2D eigenvalue weighted by Gasteiger charge is -1.94. The third-order valence-electron chi connectivity index (χ3n) is 1.58. The molecule has 1 aromatic rings. The van der Waals surface area contributed by atoms with Crippen LogP contribution in [0.1, 0.15) is 18.9 Å². The molecule has 0 unspecified atom stereocenters. The third-order valence-corrected chi connectivity index (χ3v) is 1.58.